The summed E-state index contributed by atoms with van der Waals surface area (Å²) >= 11 is 0. The Morgan fingerprint density at radius 3 is 2.40 bits per heavy atom. The quantitative estimate of drug-likeness (QED) is 0.214. The number of rotatable bonds is 8. The summed E-state index contributed by atoms with van der Waals surface area (Å²) in [5.41, 5.74) is 4.96. The first-order chi connectivity index (χ1) is 22.0. The molecule has 12 heteroatoms. The van der Waals surface area contributed by atoms with Crippen LogP contribution in [0.2, 0.25) is 0 Å². The molecule has 0 saturated heterocycles. The number of nitrogens with one attached hydrogen (secondary N) is 3. The number of carbonyl (C=O) groups is 1. The minimum Gasteiger partial charge on any atom is -0.333 e. The van der Waals surface area contributed by atoms with Gasteiger partial charge in [0.15, 0.2) is 0 Å². The molecule has 2 amide bonds. The van der Waals surface area contributed by atoms with Crippen LogP contribution in [0.4, 0.5) is 27.9 Å². The van der Waals surface area contributed by atoms with Gasteiger partial charge in [-0.3, -0.25) is 9.48 Å². The first-order valence-corrected chi connectivity index (χ1v) is 13.9. The van der Waals surface area contributed by atoms with E-state index in [4.69, 9.17) is 0 Å². The van der Waals surface area contributed by atoms with Crippen molar-refractivity contribution in [2.24, 2.45) is 7.05 Å². The fourth-order valence-corrected chi connectivity index (χ4v) is 4.59. The molecule has 0 fully saturated rings. The van der Waals surface area contributed by atoms with Crippen molar-refractivity contribution in [3.8, 4) is 28.5 Å². The molecular formula is C33H26N10O2. The number of nitriles is 1. The van der Waals surface area contributed by atoms with E-state index < -0.39 is 0 Å². The van der Waals surface area contributed by atoms with Crippen LogP contribution in [0.3, 0.4) is 0 Å². The van der Waals surface area contributed by atoms with Gasteiger partial charge in [-0.25, -0.2) is 24.6 Å². The summed E-state index contributed by atoms with van der Waals surface area (Å²) in [4.78, 5) is 42.6. The fourth-order valence-electron chi connectivity index (χ4n) is 4.59. The molecule has 12 nitrogen and oxygen atoms in total. The van der Waals surface area contributed by atoms with Gasteiger partial charge in [-0.05, 0) is 48.0 Å². The third-order valence-electron chi connectivity index (χ3n) is 6.85. The number of urea groups is 1. The van der Waals surface area contributed by atoms with Crippen LogP contribution >= 0.6 is 0 Å². The Kier molecular flexibility index (Phi) is 8.06. The van der Waals surface area contributed by atoms with Crippen molar-refractivity contribution in [1.82, 2.24) is 35.0 Å². The number of hydrogen-bond acceptors (Lipinski definition) is 8. The molecule has 0 aliphatic heterocycles. The maximum absolute atomic E-state index is 13.6. The standard InChI is InChI=1S/C33H26N10O2/c1-42-21-26(20-39-42)23-7-13-29(35-17-23)43(33(45)38-16-22-5-3-2-4-6-22)28-11-9-27(10-12-28)40-32-37-19-25(15-34)31(41-32)24-8-14-30(44)36-18-24/h2-14,17-21H,16H2,1H3,(H,36,44)(H,38,45)(H,37,40,41). The van der Waals surface area contributed by atoms with Crippen molar-refractivity contribution in [1.29, 1.82) is 5.26 Å². The highest BCUT2D eigenvalue weighted by Gasteiger charge is 2.20. The Bertz CT molecular complexity index is 2030. The first-order valence-electron chi connectivity index (χ1n) is 13.9. The Hall–Kier alpha value is -6.61. The van der Waals surface area contributed by atoms with Gasteiger partial charge in [0.05, 0.1) is 29.3 Å². The number of benzene rings is 2. The van der Waals surface area contributed by atoms with Crippen LogP contribution in [-0.2, 0) is 13.6 Å². The number of aromatic amines is 1. The zero-order valence-corrected chi connectivity index (χ0v) is 24.0. The van der Waals surface area contributed by atoms with E-state index in [0.29, 0.717) is 35.0 Å². The van der Waals surface area contributed by atoms with E-state index in [1.54, 1.807) is 53.5 Å². The number of nitrogens with zero attached hydrogens (tertiary/aromatic N) is 7. The monoisotopic (exact) mass is 594 g/mol. The number of aromatic nitrogens is 6. The van der Waals surface area contributed by atoms with Crippen molar-refractivity contribution in [3.05, 3.63) is 131 Å². The molecule has 220 valence electrons. The molecule has 0 bridgehead atoms. The van der Waals surface area contributed by atoms with Crippen LogP contribution in [0.25, 0.3) is 22.4 Å². The van der Waals surface area contributed by atoms with Crippen molar-refractivity contribution in [2.75, 3.05) is 10.2 Å². The predicted molar refractivity (Wildman–Crippen MR) is 170 cm³/mol. The third-order valence-corrected chi connectivity index (χ3v) is 6.85. The molecule has 0 aliphatic rings. The molecule has 0 spiro atoms. The first kappa shape index (κ1) is 28.5. The van der Waals surface area contributed by atoms with Gasteiger partial charge in [0.2, 0.25) is 11.5 Å². The summed E-state index contributed by atoms with van der Waals surface area (Å²) in [6, 6.07) is 25.2. The van der Waals surface area contributed by atoms with Gasteiger partial charge in [0.25, 0.3) is 0 Å². The number of anilines is 4. The Labute approximate surface area is 257 Å². The van der Waals surface area contributed by atoms with E-state index in [1.807, 2.05) is 49.6 Å². The highest BCUT2D eigenvalue weighted by atomic mass is 16.2. The normalized spacial score (nSPS) is 10.6. The predicted octanol–water partition coefficient (Wildman–Crippen LogP) is 5.29. The lowest BCUT2D eigenvalue weighted by atomic mass is 10.1. The van der Waals surface area contributed by atoms with Gasteiger partial charge in [-0.1, -0.05) is 30.3 Å². The highest BCUT2D eigenvalue weighted by Crippen LogP contribution is 2.29. The van der Waals surface area contributed by atoms with Crippen molar-refractivity contribution < 1.29 is 4.79 Å². The zero-order chi connectivity index (χ0) is 31.2. The smallest absolute Gasteiger partial charge is 0.327 e. The van der Waals surface area contributed by atoms with Gasteiger partial charge >= 0.3 is 6.03 Å². The molecule has 3 N–H and O–H groups in total. The maximum Gasteiger partial charge on any atom is 0.327 e. The van der Waals surface area contributed by atoms with E-state index >= 15 is 0 Å². The van der Waals surface area contributed by atoms with E-state index in [2.05, 4.69) is 41.7 Å². The summed E-state index contributed by atoms with van der Waals surface area (Å²) in [6.07, 6.45) is 8.28. The second kappa shape index (κ2) is 12.7. The van der Waals surface area contributed by atoms with Gasteiger partial charge in [-0.15, -0.1) is 0 Å². The van der Waals surface area contributed by atoms with Crippen LogP contribution in [0.1, 0.15) is 11.1 Å². The van der Waals surface area contributed by atoms with Crippen LogP contribution in [-0.4, -0.2) is 35.7 Å². The van der Waals surface area contributed by atoms with Crippen LogP contribution < -0.4 is 21.1 Å². The molecule has 0 radical (unpaired) electrons. The van der Waals surface area contributed by atoms with Gasteiger partial charge < -0.3 is 15.6 Å². The Morgan fingerprint density at radius 2 is 1.73 bits per heavy atom. The molecule has 6 aromatic rings. The van der Waals surface area contributed by atoms with E-state index in [-0.39, 0.29) is 23.1 Å². The number of amides is 2. The van der Waals surface area contributed by atoms with E-state index in [1.165, 1.54) is 23.4 Å². The molecule has 0 aliphatic carbocycles. The second-order valence-electron chi connectivity index (χ2n) is 9.97. The summed E-state index contributed by atoms with van der Waals surface area (Å²) in [6.45, 7) is 0.344. The van der Waals surface area contributed by atoms with Crippen molar-refractivity contribution in [3.63, 3.8) is 0 Å². The molecule has 45 heavy (non-hydrogen) atoms. The van der Waals surface area contributed by atoms with E-state index in [0.717, 1.165) is 16.7 Å². The molecule has 0 saturated carbocycles. The zero-order valence-electron chi connectivity index (χ0n) is 24.0. The maximum atomic E-state index is 13.6. The summed E-state index contributed by atoms with van der Waals surface area (Å²) in [5.74, 6) is 0.697. The lowest BCUT2D eigenvalue weighted by molar-refractivity contribution is 0.248. The van der Waals surface area contributed by atoms with E-state index in [9.17, 15) is 14.9 Å². The molecule has 4 heterocycles. The summed E-state index contributed by atoms with van der Waals surface area (Å²) in [5, 5.41) is 19.9. The Balaban J connectivity index is 1.26. The Morgan fingerprint density at radius 1 is 0.933 bits per heavy atom. The van der Waals surface area contributed by atoms with Gasteiger partial charge in [0.1, 0.15) is 11.9 Å². The number of pyridine rings is 2. The largest absolute Gasteiger partial charge is 0.333 e. The number of hydrogen-bond donors (Lipinski definition) is 3. The summed E-state index contributed by atoms with van der Waals surface area (Å²) in [7, 11) is 1.85. The van der Waals surface area contributed by atoms with Crippen LogP contribution in [0, 0.1) is 11.3 Å². The second-order valence-corrected chi connectivity index (χ2v) is 9.97. The van der Waals surface area contributed by atoms with Gasteiger partial charge in [-0.2, -0.15) is 10.4 Å². The molecule has 6 rings (SSSR count). The molecule has 0 atom stereocenters. The molecular weight excluding hydrogens is 568 g/mol. The average Bonchev–Trinajstić information content (AvgIpc) is 3.52. The number of H-pyrrole nitrogens is 1. The lowest BCUT2D eigenvalue weighted by Crippen LogP contribution is -2.37. The minimum atomic E-state index is -0.345. The number of aryl methyl sites for hydroxylation is 1. The van der Waals surface area contributed by atoms with Crippen molar-refractivity contribution >= 4 is 29.2 Å². The topological polar surface area (TPSA) is 158 Å². The lowest BCUT2D eigenvalue weighted by Gasteiger charge is -2.23. The third kappa shape index (κ3) is 6.58. The summed E-state index contributed by atoms with van der Waals surface area (Å²) < 4.78 is 1.72. The molecule has 2 aromatic carbocycles. The van der Waals surface area contributed by atoms with Crippen LogP contribution in [0.5, 0.6) is 0 Å². The molecule has 4 aromatic heterocycles. The highest BCUT2D eigenvalue weighted by molar-refractivity contribution is 5.98. The fraction of sp³-hybridized carbons (Fsp3) is 0.0606. The average molecular weight is 595 g/mol. The minimum absolute atomic E-state index is 0.257. The van der Waals surface area contributed by atoms with Crippen LogP contribution in [0.15, 0.2) is 115 Å². The van der Waals surface area contributed by atoms with Crippen molar-refractivity contribution in [2.45, 2.75) is 6.54 Å². The SMILES string of the molecule is Cn1cc(-c2ccc(N(C(=O)NCc3ccccc3)c3ccc(Nc4ncc(C#N)c(-c5ccc(=O)[nH]c5)n4)cc3)nc2)cn1. The van der Waals surface area contributed by atoms with Gasteiger partial charge in [0, 0.05) is 60.6 Å². The number of carbonyl (C=O) groups excluding carboxylic acids is 1. The molecule has 0 unspecified atom stereocenters.